The van der Waals surface area contributed by atoms with Crippen LogP contribution >= 0.6 is 23.4 Å². The van der Waals surface area contributed by atoms with E-state index in [1.165, 1.54) is 30.0 Å². The third kappa shape index (κ3) is 4.95. The highest BCUT2D eigenvalue weighted by molar-refractivity contribution is 8.00. The molecule has 0 fully saturated rings. The minimum Gasteiger partial charge on any atom is -0.323 e. The van der Waals surface area contributed by atoms with Crippen LogP contribution in [0.2, 0.25) is 5.02 Å². The molecule has 0 saturated heterocycles. The lowest BCUT2D eigenvalue weighted by Gasteiger charge is -2.17. The van der Waals surface area contributed by atoms with Crippen molar-refractivity contribution in [2.45, 2.75) is 31.2 Å². The highest BCUT2D eigenvalue weighted by atomic mass is 35.5. The Kier molecular flexibility index (Phi) is 6.69. The number of carbonyl (C=O) groups is 1. The number of hydrogen-bond donors (Lipinski definition) is 1. The van der Waals surface area contributed by atoms with Crippen LogP contribution in [0, 0.1) is 30.9 Å². The smallest absolute Gasteiger partial charge is 0.271 e. The Morgan fingerprint density at radius 2 is 1.73 bits per heavy atom. The van der Waals surface area contributed by atoms with E-state index < -0.39 is 10.2 Å². The first-order valence-corrected chi connectivity index (χ1v) is 10.3. The molecule has 0 spiro atoms. The number of nitro groups is 1. The van der Waals surface area contributed by atoms with Crippen molar-refractivity contribution >= 4 is 40.6 Å². The molecule has 1 amide bonds. The van der Waals surface area contributed by atoms with Gasteiger partial charge < -0.3 is 5.32 Å². The summed E-state index contributed by atoms with van der Waals surface area (Å²) in [6, 6.07) is 13.2. The maximum atomic E-state index is 13.1. The molecule has 1 atom stereocenters. The molecule has 154 valence electrons. The summed E-state index contributed by atoms with van der Waals surface area (Å²) in [6.45, 7) is 5.77. The molecule has 0 aliphatic heterocycles. The number of benzene rings is 2. The number of thioether (sulfide) groups is 1. The summed E-state index contributed by atoms with van der Waals surface area (Å²) in [5, 5.41) is 13.6. The minimum absolute atomic E-state index is 0.0904. The Bertz CT molecular complexity index is 1090. The van der Waals surface area contributed by atoms with Crippen LogP contribution in [-0.2, 0) is 4.79 Å². The molecule has 0 bridgehead atoms. The number of halogens is 1. The average molecular weight is 443 g/mol. The van der Waals surface area contributed by atoms with Gasteiger partial charge in [0.2, 0.25) is 5.91 Å². The van der Waals surface area contributed by atoms with Crippen molar-refractivity contribution in [3.63, 3.8) is 0 Å². The van der Waals surface area contributed by atoms with Gasteiger partial charge in [-0.3, -0.25) is 14.9 Å². The largest absolute Gasteiger partial charge is 0.323 e. The summed E-state index contributed by atoms with van der Waals surface area (Å²) in [7, 11) is 0. The van der Waals surface area contributed by atoms with E-state index in [1.54, 1.807) is 0 Å². The Balaban J connectivity index is 1.91. The minimum atomic E-state index is -0.640. The molecule has 1 aromatic heterocycles. The molecular weight excluding hydrogens is 424 g/mol. The summed E-state index contributed by atoms with van der Waals surface area (Å²) in [5.74, 6) is -0.332. The first-order chi connectivity index (χ1) is 14.3. The molecule has 1 unspecified atom stereocenters. The van der Waals surface area contributed by atoms with Crippen LogP contribution in [0.25, 0.3) is 0 Å². The van der Waals surface area contributed by atoms with Crippen LogP contribution in [0.1, 0.15) is 27.8 Å². The second-order valence-electron chi connectivity index (χ2n) is 6.62. The highest BCUT2D eigenvalue weighted by Crippen LogP contribution is 2.36. The van der Waals surface area contributed by atoms with Crippen LogP contribution in [0.3, 0.4) is 0 Å². The second kappa shape index (κ2) is 9.23. The quantitative estimate of drug-likeness (QED) is 0.236. The fourth-order valence-corrected chi connectivity index (χ4v) is 3.99. The van der Waals surface area contributed by atoms with Gasteiger partial charge in [0.1, 0.15) is 5.25 Å². The molecule has 9 heteroatoms. The SMILES string of the molecule is Cc1nc(SC(C(=O)Nc2ccc([N+](=O)[O-])cc2Cl)c2ccccc2)nc(C)c1C. The van der Waals surface area contributed by atoms with Crippen molar-refractivity contribution in [1.82, 2.24) is 9.97 Å². The molecule has 0 saturated carbocycles. The molecule has 30 heavy (non-hydrogen) atoms. The van der Waals surface area contributed by atoms with Gasteiger partial charge in [0.15, 0.2) is 5.16 Å². The number of amides is 1. The van der Waals surface area contributed by atoms with E-state index in [0.717, 1.165) is 22.5 Å². The van der Waals surface area contributed by atoms with E-state index >= 15 is 0 Å². The Morgan fingerprint density at radius 1 is 1.10 bits per heavy atom. The van der Waals surface area contributed by atoms with Gasteiger partial charge in [0.05, 0.1) is 15.6 Å². The van der Waals surface area contributed by atoms with Gasteiger partial charge in [0, 0.05) is 23.5 Å². The summed E-state index contributed by atoms with van der Waals surface area (Å²) < 4.78 is 0. The molecule has 0 aliphatic rings. The van der Waals surface area contributed by atoms with Crippen molar-refractivity contribution < 1.29 is 9.72 Å². The fraction of sp³-hybridized carbons (Fsp3) is 0.190. The van der Waals surface area contributed by atoms with E-state index in [-0.39, 0.29) is 16.6 Å². The Hall–Kier alpha value is -2.97. The van der Waals surface area contributed by atoms with Crippen molar-refractivity contribution in [3.05, 3.63) is 86.2 Å². The van der Waals surface area contributed by atoms with E-state index in [1.807, 2.05) is 51.1 Å². The van der Waals surface area contributed by atoms with E-state index in [4.69, 9.17) is 11.6 Å². The molecule has 7 nitrogen and oxygen atoms in total. The van der Waals surface area contributed by atoms with Crippen LogP contribution in [0.15, 0.2) is 53.7 Å². The fourth-order valence-electron chi connectivity index (χ4n) is 2.72. The van der Waals surface area contributed by atoms with E-state index in [9.17, 15) is 14.9 Å². The number of aryl methyl sites for hydroxylation is 2. The van der Waals surface area contributed by atoms with Crippen molar-refractivity contribution in [1.29, 1.82) is 0 Å². The first kappa shape index (κ1) is 21.7. The molecule has 2 aromatic carbocycles. The highest BCUT2D eigenvalue weighted by Gasteiger charge is 2.25. The summed E-state index contributed by atoms with van der Waals surface area (Å²) in [6.07, 6.45) is 0. The normalized spacial score (nSPS) is 11.7. The van der Waals surface area contributed by atoms with Gasteiger partial charge in [-0.05, 0) is 38.0 Å². The first-order valence-electron chi connectivity index (χ1n) is 9.04. The standard InChI is InChI=1S/C21H19ClN4O3S/c1-12-13(2)23-21(24-14(12)3)30-19(15-7-5-4-6-8-15)20(27)25-18-10-9-16(26(28)29)11-17(18)22/h4-11,19H,1-3H3,(H,25,27). The number of hydrogen-bond acceptors (Lipinski definition) is 6. The Morgan fingerprint density at radius 3 is 2.30 bits per heavy atom. The average Bonchev–Trinajstić information content (AvgIpc) is 2.72. The molecule has 1 N–H and O–H groups in total. The van der Waals surface area contributed by atoms with Gasteiger partial charge in [-0.25, -0.2) is 9.97 Å². The lowest BCUT2D eigenvalue weighted by molar-refractivity contribution is -0.384. The Labute approximate surface area is 183 Å². The molecule has 1 heterocycles. The van der Waals surface area contributed by atoms with Crippen molar-refractivity contribution in [2.24, 2.45) is 0 Å². The van der Waals surface area contributed by atoms with Gasteiger partial charge in [-0.2, -0.15) is 0 Å². The van der Waals surface area contributed by atoms with Gasteiger partial charge in [-0.15, -0.1) is 0 Å². The topological polar surface area (TPSA) is 98.0 Å². The van der Waals surface area contributed by atoms with Crippen LogP contribution in [0.5, 0.6) is 0 Å². The number of nitrogens with zero attached hydrogens (tertiary/aromatic N) is 3. The van der Waals surface area contributed by atoms with E-state index in [2.05, 4.69) is 15.3 Å². The number of nitrogens with one attached hydrogen (secondary N) is 1. The van der Waals surface area contributed by atoms with Crippen molar-refractivity contribution in [2.75, 3.05) is 5.32 Å². The maximum absolute atomic E-state index is 13.1. The number of nitro benzene ring substituents is 1. The zero-order valence-electron chi connectivity index (χ0n) is 16.5. The predicted octanol–water partition coefficient (Wildman–Crippen LogP) is 5.44. The van der Waals surface area contributed by atoms with E-state index in [0.29, 0.717) is 10.8 Å². The maximum Gasteiger partial charge on any atom is 0.271 e. The second-order valence-corrected chi connectivity index (χ2v) is 8.10. The number of aromatic nitrogens is 2. The van der Waals surface area contributed by atoms with Crippen LogP contribution in [0.4, 0.5) is 11.4 Å². The van der Waals surface area contributed by atoms with Crippen molar-refractivity contribution in [3.8, 4) is 0 Å². The number of rotatable bonds is 6. The summed E-state index contributed by atoms with van der Waals surface area (Å²) >= 11 is 7.37. The molecule has 0 aliphatic carbocycles. The third-order valence-electron chi connectivity index (χ3n) is 4.60. The lowest BCUT2D eigenvalue weighted by Crippen LogP contribution is -2.19. The van der Waals surface area contributed by atoms with Gasteiger partial charge in [-0.1, -0.05) is 53.7 Å². The monoisotopic (exact) mass is 442 g/mol. The van der Waals surface area contributed by atoms with Gasteiger partial charge >= 0.3 is 0 Å². The zero-order chi connectivity index (χ0) is 21.8. The third-order valence-corrected chi connectivity index (χ3v) is 6.03. The molecular formula is C21H19ClN4O3S. The molecule has 3 aromatic rings. The summed E-state index contributed by atoms with van der Waals surface area (Å²) in [5.41, 5.74) is 3.65. The van der Waals surface area contributed by atoms with Gasteiger partial charge in [0.25, 0.3) is 5.69 Å². The van der Waals surface area contributed by atoms with Crippen LogP contribution < -0.4 is 5.32 Å². The number of carbonyl (C=O) groups excluding carboxylic acids is 1. The lowest BCUT2D eigenvalue weighted by atomic mass is 10.1. The van der Waals surface area contributed by atoms with Crippen LogP contribution in [-0.4, -0.2) is 20.8 Å². The molecule has 3 rings (SSSR count). The number of anilines is 1. The predicted molar refractivity (Wildman–Crippen MR) is 118 cm³/mol. The summed E-state index contributed by atoms with van der Waals surface area (Å²) in [4.78, 5) is 32.5. The number of non-ortho nitro benzene ring substituents is 1. The molecule has 0 radical (unpaired) electrons. The zero-order valence-corrected chi connectivity index (χ0v) is 18.1.